The van der Waals surface area contributed by atoms with Crippen molar-refractivity contribution in [2.45, 2.75) is 6.42 Å². The molecular formula is C16H18F4O2. The molecule has 0 spiro atoms. The van der Waals surface area contributed by atoms with Gasteiger partial charge in [-0.15, -0.1) is 0 Å². The van der Waals surface area contributed by atoms with Gasteiger partial charge in [-0.05, 0) is 12.0 Å². The Balaban J connectivity index is 5.37. The highest BCUT2D eigenvalue weighted by Gasteiger charge is 2.21. The molecule has 0 fully saturated rings. The highest BCUT2D eigenvalue weighted by molar-refractivity contribution is 5.53. The van der Waals surface area contributed by atoms with Gasteiger partial charge in [0.05, 0.1) is 13.7 Å². The fraction of sp³-hybridized carbons (Fsp3) is 0.250. The smallest absolute Gasteiger partial charge is 0.200 e. The first-order chi connectivity index (χ1) is 10.2. The van der Waals surface area contributed by atoms with Gasteiger partial charge >= 0.3 is 0 Å². The Morgan fingerprint density at radius 1 is 0.773 bits per heavy atom. The van der Waals surface area contributed by atoms with Gasteiger partial charge in [0.25, 0.3) is 0 Å². The van der Waals surface area contributed by atoms with Crippen molar-refractivity contribution >= 4 is 0 Å². The maximum atomic E-state index is 13.9. The molecule has 0 amide bonds. The van der Waals surface area contributed by atoms with Crippen molar-refractivity contribution in [1.29, 1.82) is 0 Å². The predicted octanol–water partition coefficient (Wildman–Crippen LogP) is 5.15. The van der Waals surface area contributed by atoms with Gasteiger partial charge in [0.1, 0.15) is 5.76 Å². The molecule has 122 valence electrons. The largest absolute Gasteiger partial charge is 0.494 e. The van der Waals surface area contributed by atoms with Crippen LogP contribution in [0.25, 0.3) is 0 Å². The van der Waals surface area contributed by atoms with Crippen LogP contribution in [-0.2, 0) is 9.47 Å². The summed E-state index contributed by atoms with van der Waals surface area (Å²) in [7, 11) is 2.46. The second-order valence-electron chi connectivity index (χ2n) is 4.19. The normalized spacial score (nSPS) is 13.0. The standard InChI is InChI=1S/C16H18F4O2/c1-9(7-8-21-5)13(17)14(18)10(2)11(3)15(19)16(20)12(4)22-6/h1-4,7-8H2,5-6H3/b14-13-,16-15-. The third kappa shape index (κ3) is 5.04. The molecule has 0 unspecified atom stereocenters. The van der Waals surface area contributed by atoms with Crippen molar-refractivity contribution in [3.8, 4) is 0 Å². The molecule has 0 bridgehead atoms. The van der Waals surface area contributed by atoms with E-state index in [1.807, 2.05) is 0 Å². The molecule has 0 saturated heterocycles. The van der Waals surface area contributed by atoms with Crippen molar-refractivity contribution in [2.75, 3.05) is 20.8 Å². The molecule has 0 heterocycles. The van der Waals surface area contributed by atoms with E-state index in [-0.39, 0.29) is 18.6 Å². The number of ether oxygens (including phenoxy) is 2. The average Bonchev–Trinajstić information content (AvgIpc) is 2.54. The Hall–Kier alpha value is -2.08. The lowest BCUT2D eigenvalue weighted by molar-refractivity contribution is 0.202. The van der Waals surface area contributed by atoms with Gasteiger partial charge < -0.3 is 9.47 Å². The molecule has 22 heavy (non-hydrogen) atoms. The molecule has 0 N–H and O–H groups in total. The summed E-state index contributed by atoms with van der Waals surface area (Å²) in [6, 6.07) is 0. The molecule has 0 aromatic heterocycles. The lowest BCUT2D eigenvalue weighted by atomic mass is 10.0. The highest BCUT2D eigenvalue weighted by atomic mass is 19.2. The van der Waals surface area contributed by atoms with Gasteiger partial charge in [0.2, 0.25) is 5.83 Å². The molecule has 0 aromatic rings. The van der Waals surface area contributed by atoms with Crippen molar-refractivity contribution in [3.63, 3.8) is 0 Å². The minimum absolute atomic E-state index is 0.0304. The Morgan fingerprint density at radius 3 is 1.64 bits per heavy atom. The van der Waals surface area contributed by atoms with Gasteiger partial charge in [-0.3, -0.25) is 0 Å². The first kappa shape index (κ1) is 19.9. The van der Waals surface area contributed by atoms with Gasteiger partial charge in [-0.2, -0.15) is 4.39 Å². The summed E-state index contributed by atoms with van der Waals surface area (Å²) in [6.07, 6.45) is 0.0304. The summed E-state index contributed by atoms with van der Waals surface area (Å²) in [4.78, 5) is 0. The molecule has 0 saturated carbocycles. The van der Waals surface area contributed by atoms with Crippen LogP contribution >= 0.6 is 0 Å². The fourth-order valence-electron chi connectivity index (χ4n) is 1.23. The summed E-state index contributed by atoms with van der Waals surface area (Å²) < 4.78 is 64.1. The van der Waals surface area contributed by atoms with E-state index in [0.29, 0.717) is 0 Å². The second-order valence-corrected chi connectivity index (χ2v) is 4.19. The number of hydrogen-bond acceptors (Lipinski definition) is 2. The fourth-order valence-corrected chi connectivity index (χ4v) is 1.23. The summed E-state index contributed by atoms with van der Waals surface area (Å²) >= 11 is 0. The van der Waals surface area contributed by atoms with E-state index in [2.05, 4.69) is 31.1 Å². The van der Waals surface area contributed by atoms with E-state index in [0.717, 1.165) is 7.11 Å². The summed E-state index contributed by atoms with van der Waals surface area (Å²) in [5.41, 5.74) is -1.70. The van der Waals surface area contributed by atoms with Crippen LogP contribution in [0.2, 0.25) is 0 Å². The Bertz CT molecular complexity index is 556. The highest BCUT2D eigenvalue weighted by Crippen LogP contribution is 2.33. The van der Waals surface area contributed by atoms with Crippen LogP contribution in [-0.4, -0.2) is 20.8 Å². The third-order valence-corrected chi connectivity index (χ3v) is 2.69. The Labute approximate surface area is 127 Å². The van der Waals surface area contributed by atoms with Crippen molar-refractivity contribution < 1.29 is 27.0 Å². The zero-order chi connectivity index (χ0) is 17.4. The van der Waals surface area contributed by atoms with Crippen molar-refractivity contribution in [3.05, 3.63) is 72.1 Å². The molecule has 0 atom stereocenters. The number of hydrogen-bond donors (Lipinski definition) is 0. The van der Waals surface area contributed by atoms with E-state index in [1.165, 1.54) is 7.11 Å². The minimum atomic E-state index is -1.54. The molecular weight excluding hydrogens is 300 g/mol. The molecule has 2 nitrogen and oxygen atoms in total. The molecule has 0 rings (SSSR count). The van der Waals surface area contributed by atoms with Crippen LogP contribution in [0.15, 0.2) is 72.1 Å². The average molecular weight is 318 g/mol. The van der Waals surface area contributed by atoms with E-state index in [1.54, 1.807) is 0 Å². The first-order valence-corrected chi connectivity index (χ1v) is 6.08. The van der Waals surface area contributed by atoms with Gasteiger partial charge in [-0.25, -0.2) is 13.2 Å². The molecule has 0 aliphatic rings. The first-order valence-electron chi connectivity index (χ1n) is 6.08. The molecule has 0 aliphatic heterocycles. The van der Waals surface area contributed by atoms with Crippen LogP contribution in [0.5, 0.6) is 0 Å². The van der Waals surface area contributed by atoms with Crippen LogP contribution in [0.3, 0.4) is 0 Å². The number of allylic oxidation sites excluding steroid dienone is 6. The predicted molar refractivity (Wildman–Crippen MR) is 78.5 cm³/mol. The Kier molecular flexibility index (Phi) is 8.19. The second kappa shape index (κ2) is 9.04. The van der Waals surface area contributed by atoms with E-state index < -0.39 is 40.2 Å². The number of methoxy groups -OCH3 is 2. The van der Waals surface area contributed by atoms with Gasteiger partial charge in [0.15, 0.2) is 17.5 Å². The van der Waals surface area contributed by atoms with Crippen LogP contribution in [0.1, 0.15) is 6.42 Å². The molecule has 0 aliphatic carbocycles. The van der Waals surface area contributed by atoms with Crippen LogP contribution in [0, 0.1) is 0 Å². The monoisotopic (exact) mass is 318 g/mol. The third-order valence-electron chi connectivity index (χ3n) is 2.69. The van der Waals surface area contributed by atoms with Gasteiger partial charge in [-0.1, -0.05) is 26.3 Å². The van der Waals surface area contributed by atoms with E-state index in [4.69, 9.17) is 4.74 Å². The molecule has 0 aromatic carbocycles. The maximum Gasteiger partial charge on any atom is 0.200 e. The van der Waals surface area contributed by atoms with E-state index >= 15 is 0 Å². The quantitative estimate of drug-likeness (QED) is 0.332. The lowest BCUT2D eigenvalue weighted by Gasteiger charge is -2.10. The molecule has 0 radical (unpaired) electrons. The zero-order valence-electron chi connectivity index (χ0n) is 12.6. The van der Waals surface area contributed by atoms with Crippen molar-refractivity contribution in [2.24, 2.45) is 0 Å². The number of halogens is 4. The van der Waals surface area contributed by atoms with Crippen LogP contribution in [0.4, 0.5) is 17.6 Å². The summed E-state index contributed by atoms with van der Waals surface area (Å²) in [5.74, 6) is -6.41. The minimum Gasteiger partial charge on any atom is -0.494 e. The van der Waals surface area contributed by atoms with Gasteiger partial charge in [0, 0.05) is 18.3 Å². The van der Waals surface area contributed by atoms with Crippen LogP contribution < -0.4 is 0 Å². The Morgan fingerprint density at radius 2 is 1.23 bits per heavy atom. The summed E-state index contributed by atoms with van der Waals surface area (Å²) in [5, 5.41) is 0. The zero-order valence-corrected chi connectivity index (χ0v) is 12.6. The maximum absolute atomic E-state index is 13.9. The SMILES string of the molecule is C=C(CCOC)/C(F)=C(/F)C(=C)C(=C)/C(F)=C(/F)C(=C)OC. The van der Waals surface area contributed by atoms with Crippen molar-refractivity contribution in [1.82, 2.24) is 0 Å². The van der Waals surface area contributed by atoms with E-state index in [9.17, 15) is 17.6 Å². The summed E-state index contributed by atoms with van der Waals surface area (Å²) in [6.45, 7) is 12.9. The topological polar surface area (TPSA) is 18.5 Å². The number of rotatable bonds is 9. The lowest BCUT2D eigenvalue weighted by Crippen LogP contribution is -1.98. The molecule has 6 heteroatoms.